The van der Waals surface area contributed by atoms with Crippen molar-refractivity contribution in [3.8, 4) is 0 Å². The molecule has 2 heteroatoms. The first-order valence-electron chi connectivity index (χ1n) is 8.46. The fourth-order valence-electron chi connectivity index (χ4n) is 2.56. The Balaban J connectivity index is 3.56. The van der Waals surface area contributed by atoms with E-state index in [0.717, 1.165) is 11.8 Å². The van der Waals surface area contributed by atoms with E-state index in [-0.39, 0.29) is 5.60 Å². The van der Waals surface area contributed by atoms with Crippen LogP contribution in [0.25, 0.3) is 0 Å². The second kappa shape index (κ2) is 10.6. The Morgan fingerprint density at radius 3 is 1.90 bits per heavy atom. The van der Waals surface area contributed by atoms with Gasteiger partial charge in [-0.1, -0.05) is 46.0 Å². The smallest absolute Gasteiger partial charge is 0.0622 e. The van der Waals surface area contributed by atoms with Crippen LogP contribution in [0.5, 0.6) is 0 Å². The third kappa shape index (κ3) is 11.7. The van der Waals surface area contributed by atoms with Crippen molar-refractivity contribution in [2.24, 2.45) is 11.8 Å². The number of nitrogens with zero attached hydrogens (tertiary/aromatic N) is 1. The summed E-state index contributed by atoms with van der Waals surface area (Å²) in [4.78, 5) is 2.29. The summed E-state index contributed by atoms with van der Waals surface area (Å²) in [5.74, 6) is 1.74. The van der Waals surface area contributed by atoms with Crippen molar-refractivity contribution < 1.29 is 4.74 Å². The number of rotatable bonds is 12. The molecule has 0 heterocycles. The van der Waals surface area contributed by atoms with Crippen LogP contribution in [0, 0.1) is 11.8 Å². The molecule has 0 rings (SSSR count). The average Bonchev–Trinajstić information content (AvgIpc) is 2.36. The topological polar surface area (TPSA) is 12.5 Å². The molecule has 0 aromatic carbocycles. The maximum absolute atomic E-state index is 5.47. The molecule has 2 nitrogen and oxygen atoms in total. The molecular weight excluding hydrogens is 246 g/mol. The minimum atomic E-state index is 0.0560. The molecule has 0 radical (unpaired) electrons. The molecular formula is C18H39NO. The van der Waals surface area contributed by atoms with E-state index < -0.39 is 0 Å². The third-order valence-corrected chi connectivity index (χ3v) is 4.49. The van der Waals surface area contributed by atoms with E-state index in [1.54, 1.807) is 0 Å². The highest BCUT2D eigenvalue weighted by atomic mass is 16.5. The van der Waals surface area contributed by atoms with Crippen molar-refractivity contribution in [1.82, 2.24) is 4.90 Å². The third-order valence-electron chi connectivity index (χ3n) is 4.49. The summed E-state index contributed by atoms with van der Waals surface area (Å²) in [5.41, 5.74) is 0.0560. The molecule has 0 amide bonds. The standard InChI is InChI=1S/C18H39NO/c1-16(12-9-14-18(3,4)20-7)10-8-11-17(2)13-15-19(5)6/h16-17H,8-15H2,1-7H3. The Bertz CT molecular complexity index is 225. The van der Waals surface area contributed by atoms with Gasteiger partial charge in [0.05, 0.1) is 5.60 Å². The zero-order valence-corrected chi connectivity index (χ0v) is 15.2. The van der Waals surface area contributed by atoms with Gasteiger partial charge in [0.15, 0.2) is 0 Å². The molecule has 0 fully saturated rings. The highest BCUT2D eigenvalue weighted by molar-refractivity contribution is 4.68. The maximum Gasteiger partial charge on any atom is 0.0622 e. The first-order chi connectivity index (χ1) is 9.26. The Morgan fingerprint density at radius 1 is 0.900 bits per heavy atom. The van der Waals surface area contributed by atoms with Crippen LogP contribution in [0.1, 0.15) is 72.6 Å². The number of ether oxygens (including phenoxy) is 1. The molecule has 2 atom stereocenters. The Morgan fingerprint density at radius 2 is 1.40 bits per heavy atom. The van der Waals surface area contributed by atoms with E-state index in [2.05, 4.69) is 46.7 Å². The molecule has 0 aliphatic rings. The summed E-state index contributed by atoms with van der Waals surface area (Å²) >= 11 is 0. The molecule has 0 aliphatic carbocycles. The van der Waals surface area contributed by atoms with Crippen LogP contribution in [0.15, 0.2) is 0 Å². The predicted octanol–water partition coefficient (Wildman–Crippen LogP) is 4.98. The number of hydrogen-bond acceptors (Lipinski definition) is 2. The molecule has 0 N–H and O–H groups in total. The minimum Gasteiger partial charge on any atom is -0.379 e. The highest BCUT2D eigenvalue weighted by Gasteiger charge is 2.16. The van der Waals surface area contributed by atoms with Gasteiger partial charge >= 0.3 is 0 Å². The molecule has 0 aliphatic heterocycles. The lowest BCUT2D eigenvalue weighted by atomic mass is 9.91. The van der Waals surface area contributed by atoms with Gasteiger partial charge in [-0.15, -0.1) is 0 Å². The number of hydrogen-bond donors (Lipinski definition) is 0. The molecule has 0 bridgehead atoms. The van der Waals surface area contributed by atoms with Crippen LogP contribution in [-0.2, 0) is 4.74 Å². The van der Waals surface area contributed by atoms with Gasteiger partial charge in [0.1, 0.15) is 0 Å². The van der Waals surface area contributed by atoms with Gasteiger partial charge < -0.3 is 9.64 Å². The van der Waals surface area contributed by atoms with E-state index in [1.165, 1.54) is 51.5 Å². The maximum atomic E-state index is 5.47. The highest BCUT2D eigenvalue weighted by Crippen LogP contribution is 2.22. The van der Waals surface area contributed by atoms with Gasteiger partial charge in [-0.05, 0) is 59.2 Å². The summed E-state index contributed by atoms with van der Waals surface area (Å²) in [5, 5.41) is 0. The average molecular weight is 286 g/mol. The molecule has 0 aromatic heterocycles. The van der Waals surface area contributed by atoms with Crippen LogP contribution in [0.2, 0.25) is 0 Å². The van der Waals surface area contributed by atoms with Crippen molar-refractivity contribution in [2.45, 2.75) is 78.2 Å². The van der Waals surface area contributed by atoms with E-state index in [1.807, 2.05) is 7.11 Å². The van der Waals surface area contributed by atoms with Crippen molar-refractivity contribution in [3.05, 3.63) is 0 Å². The van der Waals surface area contributed by atoms with Gasteiger partial charge in [0.25, 0.3) is 0 Å². The molecule has 0 saturated carbocycles. The zero-order chi connectivity index (χ0) is 15.6. The zero-order valence-electron chi connectivity index (χ0n) is 15.2. The first kappa shape index (κ1) is 19.9. The first-order valence-corrected chi connectivity index (χ1v) is 8.46. The van der Waals surface area contributed by atoms with E-state index in [9.17, 15) is 0 Å². The van der Waals surface area contributed by atoms with Gasteiger partial charge in [0, 0.05) is 7.11 Å². The molecule has 0 aromatic rings. The van der Waals surface area contributed by atoms with Crippen LogP contribution in [0.4, 0.5) is 0 Å². The quantitative estimate of drug-likeness (QED) is 0.501. The fourth-order valence-corrected chi connectivity index (χ4v) is 2.56. The molecule has 0 spiro atoms. The summed E-state index contributed by atoms with van der Waals surface area (Å²) < 4.78 is 5.47. The summed E-state index contributed by atoms with van der Waals surface area (Å²) in [6, 6.07) is 0. The lowest BCUT2D eigenvalue weighted by Gasteiger charge is -2.23. The fraction of sp³-hybridized carbons (Fsp3) is 1.00. The van der Waals surface area contributed by atoms with Gasteiger partial charge in [-0.2, -0.15) is 0 Å². The largest absolute Gasteiger partial charge is 0.379 e. The second-order valence-corrected chi connectivity index (χ2v) is 7.59. The minimum absolute atomic E-state index is 0.0560. The molecule has 2 unspecified atom stereocenters. The van der Waals surface area contributed by atoms with Crippen molar-refractivity contribution in [2.75, 3.05) is 27.7 Å². The monoisotopic (exact) mass is 285 g/mol. The second-order valence-electron chi connectivity index (χ2n) is 7.59. The van der Waals surface area contributed by atoms with Crippen LogP contribution in [0.3, 0.4) is 0 Å². The van der Waals surface area contributed by atoms with E-state index in [4.69, 9.17) is 4.74 Å². The normalized spacial score (nSPS) is 15.6. The lowest BCUT2D eigenvalue weighted by molar-refractivity contribution is 0.0127. The van der Waals surface area contributed by atoms with Crippen LogP contribution < -0.4 is 0 Å². The van der Waals surface area contributed by atoms with Crippen molar-refractivity contribution in [3.63, 3.8) is 0 Å². The molecule has 20 heavy (non-hydrogen) atoms. The summed E-state index contributed by atoms with van der Waals surface area (Å²) in [6.07, 6.45) is 9.32. The SMILES string of the molecule is COC(C)(C)CCCC(C)CCCC(C)CCN(C)C. The molecule has 0 saturated heterocycles. The number of methoxy groups -OCH3 is 1. The van der Waals surface area contributed by atoms with Crippen molar-refractivity contribution >= 4 is 0 Å². The Hall–Kier alpha value is -0.0800. The van der Waals surface area contributed by atoms with Gasteiger partial charge in [-0.3, -0.25) is 0 Å². The van der Waals surface area contributed by atoms with Gasteiger partial charge in [0.2, 0.25) is 0 Å². The molecule has 122 valence electrons. The van der Waals surface area contributed by atoms with Gasteiger partial charge in [-0.25, -0.2) is 0 Å². The predicted molar refractivity (Wildman–Crippen MR) is 90.3 cm³/mol. The summed E-state index contributed by atoms with van der Waals surface area (Å²) in [6.45, 7) is 10.4. The summed E-state index contributed by atoms with van der Waals surface area (Å²) in [7, 11) is 6.14. The Labute approximate surface area is 128 Å². The van der Waals surface area contributed by atoms with E-state index >= 15 is 0 Å². The Kier molecular flexibility index (Phi) is 10.6. The van der Waals surface area contributed by atoms with Crippen LogP contribution in [-0.4, -0.2) is 38.3 Å². The van der Waals surface area contributed by atoms with Crippen LogP contribution >= 0.6 is 0 Å². The lowest BCUT2D eigenvalue weighted by Crippen LogP contribution is -2.22. The van der Waals surface area contributed by atoms with Crippen molar-refractivity contribution in [1.29, 1.82) is 0 Å². The van der Waals surface area contributed by atoms with E-state index in [0.29, 0.717) is 0 Å².